The van der Waals surface area contributed by atoms with Crippen molar-refractivity contribution in [2.75, 3.05) is 6.61 Å². The number of rotatable bonds is 6. The Morgan fingerprint density at radius 1 is 0.923 bits per heavy atom. The van der Waals surface area contributed by atoms with Crippen molar-refractivity contribution in [3.8, 4) is 0 Å². The zero-order valence-corrected chi connectivity index (χ0v) is 14.6. The van der Waals surface area contributed by atoms with Crippen LogP contribution in [-0.4, -0.2) is 61.1 Å². The second-order valence-corrected chi connectivity index (χ2v) is 5.30. The van der Waals surface area contributed by atoms with Gasteiger partial charge in [-0.05, 0) is 5.53 Å². The molecule has 0 bridgehead atoms. The van der Waals surface area contributed by atoms with Gasteiger partial charge in [0.05, 0.1) is 0 Å². The molecule has 0 unspecified atom stereocenters. The lowest BCUT2D eigenvalue weighted by Gasteiger charge is -2.42. The molecule has 1 heterocycles. The highest BCUT2D eigenvalue weighted by atomic mass is 16.7. The quantitative estimate of drug-likeness (QED) is 0.210. The van der Waals surface area contributed by atoms with E-state index in [9.17, 15) is 19.2 Å². The summed E-state index contributed by atoms with van der Waals surface area (Å²) in [7, 11) is 0. The van der Waals surface area contributed by atoms with Gasteiger partial charge < -0.3 is 23.7 Å². The number of carbonyl (C=O) groups excluding carboxylic acids is 4. The van der Waals surface area contributed by atoms with E-state index in [2.05, 4.69) is 10.0 Å². The Morgan fingerprint density at radius 3 is 1.92 bits per heavy atom. The SMILES string of the molecule is CC(=O)OC[C@H]1O[C@H](OC(C)=O)[C@H](OC(C)=O)[C@@H](N=[N+]=[N-])[C@@H]1OC(C)=O. The van der Waals surface area contributed by atoms with Crippen molar-refractivity contribution in [1.29, 1.82) is 0 Å². The molecule has 1 saturated heterocycles. The van der Waals surface area contributed by atoms with E-state index in [1.54, 1.807) is 0 Å². The van der Waals surface area contributed by atoms with Crippen molar-refractivity contribution in [3.05, 3.63) is 10.4 Å². The second-order valence-electron chi connectivity index (χ2n) is 5.30. The Labute approximate surface area is 148 Å². The fraction of sp³-hybridized carbons (Fsp3) is 0.714. The lowest BCUT2D eigenvalue weighted by atomic mass is 9.96. The number of hydrogen-bond donors (Lipinski definition) is 0. The fourth-order valence-electron chi connectivity index (χ4n) is 2.33. The third-order valence-electron chi connectivity index (χ3n) is 3.14. The van der Waals surface area contributed by atoms with E-state index >= 15 is 0 Å². The van der Waals surface area contributed by atoms with E-state index in [0.717, 1.165) is 27.7 Å². The zero-order valence-electron chi connectivity index (χ0n) is 14.6. The van der Waals surface area contributed by atoms with Crippen molar-refractivity contribution in [2.45, 2.75) is 58.3 Å². The molecule has 0 amide bonds. The summed E-state index contributed by atoms with van der Waals surface area (Å²) in [4.78, 5) is 47.9. The summed E-state index contributed by atoms with van der Waals surface area (Å²) >= 11 is 0. The summed E-state index contributed by atoms with van der Waals surface area (Å²) < 4.78 is 25.5. The summed E-state index contributed by atoms with van der Waals surface area (Å²) in [5, 5.41) is 3.50. The first-order chi connectivity index (χ1) is 12.1. The van der Waals surface area contributed by atoms with Gasteiger partial charge in [-0.3, -0.25) is 19.2 Å². The summed E-state index contributed by atoms with van der Waals surface area (Å²) in [6.07, 6.45) is -5.21. The van der Waals surface area contributed by atoms with Crippen LogP contribution in [0, 0.1) is 0 Å². The molecular formula is C14H19N3O9. The van der Waals surface area contributed by atoms with E-state index in [0.29, 0.717) is 0 Å². The molecule has 0 radical (unpaired) electrons. The molecule has 1 rings (SSSR count). The van der Waals surface area contributed by atoms with Crippen LogP contribution in [0.4, 0.5) is 0 Å². The number of nitrogens with zero attached hydrogens (tertiary/aromatic N) is 3. The third kappa shape index (κ3) is 6.22. The Kier molecular flexibility index (Phi) is 7.81. The van der Waals surface area contributed by atoms with Crippen molar-refractivity contribution < 1.29 is 42.9 Å². The monoisotopic (exact) mass is 373 g/mol. The third-order valence-corrected chi connectivity index (χ3v) is 3.14. The van der Waals surface area contributed by atoms with Gasteiger partial charge >= 0.3 is 23.9 Å². The molecule has 12 heteroatoms. The van der Waals surface area contributed by atoms with E-state index in [1.807, 2.05) is 0 Å². The predicted octanol–water partition coefficient (Wildman–Crippen LogP) is 0.380. The Morgan fingerprint density at radius 2 is 1.46 bits per heavy atom. The molecule has 0 aromatic heterocycles. The summed E-state index contributed by atoms with van der Waals surface area (Å²) in [6, 6.07) is -1.29. The molecule has 0 aromatic rings. The number of azide groups is 1. The van der Waals surface area contributed by atoms with Gasteiger partial charge in [-0.1, -0.05) is 5.11 Å². The van der Waals surface area contributed by atoms with Gasteiger partial charge in [0.15, 0.2) is 6.10 Å². The van der Waals surface area contributed by atoms with Crippen LogP contribution >= 0.6 is 0 Å². The summed E-state index contributed by atoms with van der Waals surface area (Å²) in [6.45, 7) is 4.06. The van der Waals surface area contributed by atoms with Gasteiger partial charge in [-0.25, -0.2) is 0 Å². The van der Waals surface area contributed by atoms with Gasteiger partial charge in [0.25, 0.3) is 0 Å². The molecule has 0 spiro atoms. The molecule has 0 N–H and O–H groups in total. The molecule has 1 fully saturated rings. The van der Waals surface area contributed by atoms with Crippen molar-refractivity contribution in [2.24, 2.45) is 5.11 Å². The maximum atomic E-state index is 11.4. The summed E-state index contributed by atoms with van der Waals surface area (Å²) in [5.41, 5.74) is 8.84. The van der Waals surface area contributed by atoms with Crippen LogP contribution in [0.25, 0.3) is 10.4 Å². The minimum absolute atomic E-state index is 0.380. The highest BCUT2D eigenvalue weighted by Crippen LogP contribution is 2.29. The minimum atomic E-state index is -1.46. The first kappa shape index (κ1) is 21.2. The van der Waals surface area contributed by atoms with Crippen LogP contribution in [0.15, 0.2) is 5.11 Å². The molecule has 1 aliphatic heterocycles. The van der Waals surface area contributed by atoms with Crippen molar-refractivity contribution >= 4 is 23.9 Å². The Balaban J connectivity index is 3.27. The van der Waals surface area contributed by atoms with Gasteiger partial charge in [0, 0.05) is 32.6 Å². The van der Waals surface area contributed by atoms with E-state index < -0.39 is 54.5 Å². The van der Waals surface area contributed by atoms with Crippen LogP contribution in [0.2, 0.25) is 0 Å². The smallest absolute Gasteiger partial charge is 0.305 e. The van der Waals surface area contributed by atoms with Crippen molar-refractivity contribution in [1.82, 2.24) is 0 Å². The number of hydrogen-bond acceptors (Lipinski definition) is 10. The first-order valence-electron chi connectivity index (χ1n) is 7.50. The maximum Gasteiger partial charge on any atom is 0.305 e. The van der Waals surface area contributed by atoms with Gasteiger partial charge in [-0.15, -0.1) is 0 Å². The molecule has 5 atom stereocenters. The Hall–Kier alpha value is -2.85. The zero-order chi connectivity index (χ0) is 19.9. The first-order valence-corrected chi connectivity index (χ1v) is 7.50. The van der Waals surface area contributed by atoms with Gasteiger partial charge in [0.1, 0.15) is 24.9 Å². The van der Waals surface area contributed by atoms with E-state index in [-0.39, 0.29) is 6.61 Å². The number of esters is 4. The average Bonchev–Trinajstić information content (AvgIpc) is 2.50. The van der Waals surface area contributed by atoms with Crippen LogP contribution in [0.3, 0.4) is 0 Å². The van der Waals surface area contributed by atoms with Gasteiger partial charge in [0.2, 0.25) is 6.29 Å². The normalized spacial score (nSPS) is 27.5. The maximum absolute atomic E-state index is 11.4. The Bertz CT molecular complexity index is 617. The number of ether oxygens (including phenoxy) is 5. The van der Waals surface area contributed by atoms with E-state index in [4.69, 9.17) is 29.2 Å². The lowest BCUT2D eigenvalue weighted by molar-refractivity contribution is -0.275. The van der Waals surface area contributed by atoms with E-state index in [1.165, 1.54) is 0 Å². The molecule has 1 aliphatic rings. The summed E-state index contributed by atoms with van der Waals surface area (Å²) in [5.74, 6) is -2.91. The van der Waals surface area contributed by atoms with Crippen LogP contribution in [-0.2, 0) is 42.9 Å². The molecule has 144 valence electrons. The fourth-order valence-corrected chi connectivity index (χ4v) is 2.33. The van der Waals surface area contributed by atoms with Crippen LogP contribution in [0.1, 0.15) is 27.7 Å². The molecule has 0 aliphatic carbocycles. The molecular weight excluding hydrogens is 354 g/mol. The number of carbonyl (C=O) groups is 4. The minimum Gasteiger partial charge on any atom is -0.463 e. The van der Waals surface area contributed by atoms with Crippen LogP contribution < -0.4 is 0 Å². The topological polar surface area (TPSA) is 163 Å². The molecule has 0 saturated carbocycles. The van der Waals surface area contributed by atoms with Crippen LogP contribution in [0.5, 0.6) is 0 Å². The standard InChI is InChI=1S/C14H19N3O9/c1-6(18)22-5-10-12(23-7(2)19)11(16-17-15)13(24-8(3)20)14(26-10)25-9(4)21/h10-14H,5H2,1-4H3/t10-,11+,12-,13-,14+/m1/s1. The second kappa shape index (κ2) is 9.59. The predicted molar refractivity (Wildman–Crippen MR) is 81.1 cm³/mol. The average molecular weight is 373 g/mol. The highest BCUT2D eigenvalue weighted by molar-refractivity contribution is 5.68. The molecule has 26 heavy (non-hydrogen) atoms. The van der Waals surface area contributed by atoms with Gasteiger partial charge in [-0.2, -0.15) is 0 Å². The molecule has 0 aromatic carbocycles. The lowest BCUT2D eigenvalue weighted by Crippen LogP contribution is -2.61. The highest BCUT2D eigenvalue weighted by Gasteiger charge is 2.51. The largest absolute Gasteiger partial charge is 0.463 e. The van der Waals surface area contributed by atoms with Crippen molar-refractivity contribution in [3.63, 3.8) is 0 Å². The molecule has 12 nitrogen and oxygen atoms in total.